The van der Waals surface area contributed by atoms with E-state index in [4.69, 9.17) is 15.5 Å². The Morgan fingerprint density at radius 1 is 1.47 bits per heavy atom. The first kappa shape index (κ1) is 13.0. The van der Waals surface area contributed by atoms with Gasteiger partial charge in [-0.3, -0.25) is 0 Å². The molecule has 0 radical (unpaired) electrons. The van der Waals surface area contributed by atoms with Gasteiger partial charge < -0.3 is 10.5 Å². The van der Waals surface area contributed by atoms with Crippen molar-refractivity contribution in [2.24, 2.45) is 11.7 Å². The quantitative estimate of drug-likeness (QED) is 0.898. The molecule has 4 heteroatoms. The summed E-state index contributed by atoms with van der Waals surface area (Å²) in [4.78, 5) is 6.00. The van der Waals surface area contributed by atoms with Gasteiger partial charge in [0.15, 0.2) is 0 Å². The van der Waals surface area contributed by atoms with Crippen LogP contribution >= 0.6 is 11.3 Å². The van der Waals surface area contributed by atoms with E-state index in [0.29, 0.717) is 12.5 Å². The number of hydrogen-bond donors (Lipinski definition) is 1. The largest absolute Gasteiger partial charge is 0.374 e. The molecule has 0 bridgehead atoms. The summed E-state index contributed by atoms with van der Waals surface area (Å²) in [5.41, 5.74) is 7.03. The number of ether oxygens (including phenoxy) is 1. The topological polar surface area (TPSA) is 48.1 Å². The third kappa shape index (κ3) is 2.69. The molecule has 0 amide bonds. The second-order valence-corrected chi connectivity index (χ2v) is 6.89. The normalized spacial score (nSPS) is 18.4. The molecule has 0 saturated heterocycles. The molecule has 2 N–H and O–H groups in total. The molecule has 1 fully saturated rings. The Bertz CT molecular complexity index is 391. The van der Waals surface area contributed by atoms with Gasteiger partial charge >= 0.3 is 0 Å². The minimum atomic E-state index is 0.0608. The number of nitrogens with two attached hydrogens (primary N) is 1. The van der Waals surface area contributed by atoms with E-state index in [0.717, 1.165) is 10.7 Å². The van der Waals surface area contributed by atoms with E-state index in [1.165, 1.54) is 17.7 Å². The van der Waals surface area contributed by atoms with Gasteiger partial charge in [0.1, 0.15) is 11.1 Å². The molecule has 3 nitrogen and oxygen atoms in total. The average Bonchev–Trinajstić information content (AvgIpc) is 2.96. The fourth-order valence-electron chi connectivity index (χ4n) is 2.11. The molecule has 1 atom stereocenters. The van der Waals surface area contributed by atoms with E-state index in [1.54, 1.807) is 18.4 Å². The van der Waals surface area contributed by atoms with Crippen LogP contribution in [0.4, 0.5) is 0 Å². The molecule has 0 spiro atoms. The molecular weight excluding hydrogens is 232 g/mol. The molecule has 1 aromatic heterocycles. The van der Waals surface area contributed by atoms with E-state index in [2.05, 4.69) is 20.8 Å². The molecule has 1 aliphatic carbocycles. The zero-order chi connectivity index (χ0) is 12.6. The van der Waals surface area contributed by atoms with Crippen LogP contribution in [-0.4, -0.2) is 12.1 Å². The summed E-state index contributed by atoms with van der Waals surface area (Å²) in [5.74, 6) is 0.671. The Hall–Kier alpha value is -0.450. The minimum Gasteiger partial charge on any atom is -0.374 e. The number of rotatable bonds is 4. The van der Waals surface area contributed by atoms with Crippen LogP contribution in [0.15, 0.2) is 0 Å². The maximum atomic E-state index is 5.82. The highest BCUT2D eigenvalue weighted by Crippen LogP contribution is 2.45. The van der Waals surface area contributed by atoms with Crippen molar-refractivity contribution in [3.05, 3.63) is 15.6 Å². The summed E-state index contributed by atoms with van der Waals surface area (Å²) in [5, 5.41) is 1.11. The van der Waals surface area contributed by atoms with Gasteiger partial charge in [0.25, 0.3) is 0 Å². The van der Waals surface area contributed by atoms with Crippen molar-refractivity contribution in [2.45, 2.75) is 51.7 Å². The van der Waals surface area contributed by atoms with Gasteiger partial charge in [-0.2, -0.15) is 0 Å². The first-order valence-electron chi connectivity index (χ1n) is 6.20. The molecule has 1 aromatic rings. The van der Waals surface area contributed by atoms with Gasteiger partial charge in [-0.05, 0) is 18.8 Å². The van der Waals surface area contributed by atoms with Gasteiger partial charge in [-0.1, -0.05) is 20.8 Å². The minimum absolute atomic E-state index is 0.0608. The van der Waals surface area contributed by atoms with Crippen molar-refractivity contribution in [2.75, 3.05) is 7.11 Å². The predicted molar refractivity (Wildman–Crippen MR) is 71.2 cm³/mol. The van der Waals surface area contributed by atoms with Crippen LogP contribution in [0.5, 0.6) is 0 Å². The average molecular weight is 254 g/mol. The van der Waals surface area contributed by atoms with Gasteiger partial charge in [0.05, 0.1) is 5.69 Å². The van der Waals surface area contributed by atoms with Crippen LogP contribution in [0.25, 0.3) is 0 Å². The van der Waals surface area contributed by atoms with Crippen LogP contribution in [0.3, 0.4) is 0 Å². The second kappa shape index (κ2) is 4.67. The Morgan fingerprint density at radius 2 is 2.12 bits per heavy atom. The molecule has 0 aromatic carbocycles. The van der Waals surface area contributed by atoms with E-state index >= 15 is 0 Å². The Balaban J connectivity index is 2.32. The predicted octanol–water partition coefficient (Wildman–Crippen LogP) is 3.00. The monoisotopic (exact) mass is 254 g/mol. The molecule has 2 rings (SSSR count). The van der Waals surface area contributed by atoms with Gasteiger partial charge in [0, 0.05) is 23.9 Å². The van der Waals surface area contributed by atoms with E-state index in [-0.39, 0.29) is 11.5 Å². The fraction of sp³-hybridized carbons (Fsp3) is 0.769. The fourth-order valence-corrected chi connectivity index (χ4v) is 3.44. The van der Waals surface area contributed by atoms with Crippen molar-refractivity contribution in [3.63, 3.8) is 0 Å². The van der Waals surface area contributed by atoms with Gasteiger partial charge in [0.2, 0.25) is 0 Å². The Kier molecular flexibility index (Phi) is 3.57. The number of nitrogens with zero attached hydrogens (tertiary/aromatic N) is 1. The van der Waals surface area contributed by atoms with Crippen molar-refractivity contribution in [1.29, 1.82) is 0 Å². The number of thiazole rings is 1. The van der Waals surface area contributed by atoms with E-state index in [9.17, 15) is 0 Å². The van der Waals surface area contributed by atoms with Crippen LogP contribution < -0.4 is 5.73 Å². The highest BCUT2D eigenvalue weighted by molar-refractivity contribution is 7.11. The first-order valence-corrected chi connectivity index (χ1v) is 7.02. The van der Waals surface area contributed by atoms with Gasteiger partial charge in [-0.25, -0.2) is 4.98 Å². The lowest BCUT2D eigenvalue weighted by molar-refractivity contribution is 0.0841. The lowest BCUT2D eigenvalue weighted by Gasteiger charge is -2.17. The third-order valence-electron chi connectivity index (χ3n) is 3.16. The summed E-state index contributed by atoms with van der Waals surface area (Å²) in [6.07, 6.45) is 2.71. The highest BCUT2D eigenvalue weighted by Gasteiger charge is 2.35. The van der Waals surface area contributed by atoms with Crippen molar-refractivity contribution in [3.8, 4) is 0 Å². The highest BCUT2D eigenvalue weighted by atomic mass is 32.1. The molecular formula is C13H22N2OS. The summed E-state index contributed by atoms with van der Waals surface area (Å²) in [7, 11) is 1.78. The molecule has 1 aliphatic rings. The number of methoxy groups -OCH3 is 1. The maximum absolute atomic E-state index is 5.82. The number of hydrogen-bond acceptors (Lipinski definition) is 4. The van der Waals surface area contributed by atoms with E-state index in [1.807, 2.05) is 0 Å². The van der Waals surface area contributed by atoms with Gasteiger partial charge in [-0.15, -0.1) is 11.3 Å². The zero-order valence-electron chi connectivity index (χ0n) is 11.1. The Morgan fingerprint density at radius 3 is 2.47 bits per heavy atom. The molecule has 1 heterocycles. The standard InChI is InChI=1S/C13H22N2OS/c1-13(2,3)11-9(7-14)17-12(15-11)10(16-4)8-5-6-8/h8,10H,5-7,14H2,1-4H3. The maximum Gasteiger partial charge on any atom is 0.122 e. The molecule has 0 aliphatic heterocycles. The second-order valence-electron chi connectivity index (χ2n) is 5.77. The van der Waals surface area contributed by atoms with Crippen molar-refractivity contribution < 1.29 is 4.74 Å². The summed E-state index contributed by atoms with van der Waals surface area (Å²) >= 11 is 1.73. The van der Waals surface area contributed by atoms with Crippen molar-refractivity contribution in [1.82, 2.24) is 4.98 Å². The Labute approximate surface area is 107 Å². The zero-order valence-corrected chi connectivity index (χ0v) is 11.9. The summed E-state index contributed by atoms with van der Waals surface area (Å²) in [6, 6.07) is 0. The lowest BCUT2D eigenvalue weighted by atomic mass is 9.91. The molecule has 17 heavy (non-hydrogen) atoms. The summed E-state index contributed by atoms with van der Waals surface area (Å²) < 4.78 is 5.59. The van der Waals surface area contributed by atoms with Crippen LogP contribution in [0.1, 0.15) is 55.3 Å². The van der Waals surface area contributed by atoms with E-state index < -0.39 is 0 Å². The SMILES string of the molecule is COC(c1nc(C(C)(C)C)c(CN)s1)C1CC1. The van der Waals surface area contributed by atoms with Crippen LogP contribution in [0, 0.1) is 5.92 Å². The smallest absolute Gasteiger partial charge is 0.122 e. The third-order valence-corrected chi connectivity index (χ3v) is 4.30. The van der Waals surface area contributed by atoms with Crippen LogP contribution in [-0.2, 0) is 16.7 Å². The lowest BCUT2D eigenvalue weighted by Crippen LogP contribution is -2.16. The summed E-state index contributed by atoms with van der Waals surface area (Å²) in [6.45, 7) is 7.13. The first-order chi connectivity index (χ1) is 7.97. The van der Waals surface area contributed by atoms with Crippen LogP contribution in [0.2, 0.25) is 0 Å². The molecule has 96 valence electrons. The number of aromatic nitrogens is 1. The molecule has 1 saturated carbocycles. The molecule has 1 unspecified atom stereocenters. The van der Waals surface area contributed by atoms with Crippen molar-refractivity contribution >= 4 is 11.3 Å².